The molecule has 5 heteroatoms. The van der Waals surface area contributed by atoms with Crippen molar-refractivity contribution in [2.75, 3.05) is 18.6 Å². The second kappa shape index (κ2) is 8.54. The zero-order valence-corrected chi connectivity index (χ0v) is 13.8. The summed E-state index contributed by atoms with van der Waals surface area (Å²) >= 11 is 0. The average molecular weight is 306 g/mol. The highest BCUT2D eigenvalue weighted by molar-refractivity contribution is 6.04. The summed E-state index contributed by atoms with van der Waals surface area (Å²) in [5.74, 6) is 0.0456. The lowest BCUT2D eigenvalue weighted by molar-refractivity contribution is -0.118. The molecule has 0 aliphatic rings. The molecule has 0 bridgehead atoms. The van der Waals surface area contributed by atoms with Crippen LogP contribution in [-0.4, -0.2) is 36.6 Å². The van der Waals surface area contributed by atoms with E-state index in [9.17, 15) is 14.7 Å². The van der Waals surface area contributed by atoms with E-state index in [-0.39, 0.29) is 24.5 Å². The van der Waals surface area contributed by atoms with E-state index in [2.05, 4.69) is 5.32 Å². The maximum Gasteiger partial charge on any atom is 0.253 e. The Labute approximate surface area is 132 Å². The van der Waals surface area contributed by atoms with Crippen LogP contribution in [0.15, 0.2) is 24.3 Å². The molecule has 0 spiro atoms. The number of nitrogens with zero attached hydrogens (tertiary/aromatic N) is 1. The summed E-state index contributed by atoms with van der Waals surface area (Å²) in [6.07, 6.45) is 1.08. The van der Waals surface area contributed by atoms with E-state index in [1.54, 1.807) is 38.2 Å². The van der Waals surface area contributed by atoms with E-state index in [4.69, 9.17) is 0 Å². The van der Waals surface area contributed by atoms with Crippen LogP contribution in [0, 0.1) is 5.92 Å². The number of benzene rings is 1. The van der Waals surface area contributed by atoms with Gasteiger partial charge in [0.05, 0.1) is 23.9 Å². The number of hydrogen-bond acceptors (Lipinski definition) is 3. The minimum atomic E-state index is -0.285. The van der Waals surface area contributed by atoms with Crippen molar-refractivity contribution in [2.45, 2.75) is 39.7 Å². The van der Waals surface area contributed by atoms with Gasteiger partial charge in [0.15, 0.2) is 0 Å². The van der Waals surface area contributed by atoms with Crippen molar-refractivity contribution in [2.24, 2.45) is 5.92 Å². The summed E-state index contributed by atoms with van der Waals surface area (Å²) in [5, 5.41) is 12.2. The summed E-state index contributed by atoms with van der Waals surface area (Å²) in [5.41, 5.74) is 1.02. The van der Waals surface area contributed by atoms with Gasteiger partial charge in [-0.25, -0.2) is 0 Å². The van der Waals surface area contributed by atoms with Crippen LogP contribution in [0.25, 0.3) is 0 Å². The number of rotatable bonds is 7. The number of anilines is 1. The fraction of sp³-hybridized carbons (Fsp3) is 0.529. The van der Waals surface area contributed by atoms with Crippen LogP contribution < -0.4 is 10.2 Å². The predicted molar refractivity (Wildman–Crippen MR) is 87.9 cm³/mol. The van der Waals surface area contributed by atoms with Gasteiger partial charge in [0, 0.05) is 13.5 Å². The van der Waals surface area contributed by atoms with Crippen LogP contribution >= 0.6 is 0 Å². The van der Waals surface area contributed by atoms with Gasteiger partial charge in [0.1, 0.15) is 0 Å². The van der Waals surface area contributed by atoms with Crippen molar-refractivity contribution in [3.8, 4) is 0 Å². The van der Waals surface area contributed by atoms with Crippen LogP contribution in [0.4, 0.5) is 5.69 Å². The van der Waals surface area contributed by atoms with Crippen molar-refractivity contribution < 1.29 is 14.7 Å². The average Bonchev–Trinajstić information content (AvgIpc) is 2.52. The number of aliphatic hydroxyl groups excluding tert-OH is 1. The zero-order valence-electron chi connectivity index (χ0n) is 13.8. The molecule has 2 N–H and O–H groups in total. The molecular formula is C17H26N2O3. The van der Waals surface area contributed by atoms with Gasteiger partial charge in [0.2, 0.25) is 5.91 Å². The van der Waals surface area contributed by atoms with Crippen molar-refractivity contribution >= 4 is 17.5 Å². The van der Waals surface area contributed by atoms with Crippen LogP contribution in [0.1, 0.15) is 44.0 Å². The van der Waals surface area contributed by atoms with E-state index >= 15 is 0 Å². The maximum atomic E-state index is 12.5. The lowest BCUT2D eigenvalue weighted by Gasteiger charge is -2.22. The van der Waals surface area contributed by atoms with Crippen molar-refractivity contribution in [1.82, 2.24) is 5.32 Å². The van der Waals surface area contributed by atoms with Crippen LogP contribution in [-0.2, 0) is 4.79 Å². The van der Waals surface area contributed by atoms with Crippen LogP contribution in [0.2, 0.25) is 0 Å². The lowest BCUT2D eigenvalue weighted by atomic mass is 10.0. The third kappa shape index (κ3) is 4.84. The smallest absolute Gasteiger partial charge is 0.253 e. The predicted octanol–water partition coefficient (Wildman–Crippen LogP) is 2.20. The molecule has 0 fully saturated rings. The SMILES string of the molecule is CCC(=O)N(C)c1ccccc1C(=O)NC(CO)CC(C)C. The van der Waals surface area contributed by atoms with Gasteiger partial charge >= 0.3 is 0 Å². The van der Waals surface area contributed by atoms with Gasteiger partial charge in [0.25, 0.3) is 5.91 Å². The molecule has 0 aliphatic heterocycles. The zero-order chi connectivity index (χ0) is 16.7. The highest BCUT2D eigenvalue weighted by Gasteiger charge is 2.20. The third-order valence-electron chi connectivity index (χ3n) is 3.50. The molecule has 122 valence electrons. The van der Waals surface area contributed by atoms with Crippen LogP contribution in [0.5, 0.6) is 0 Å². The molecule has 0 aromatic heterocycles. The Morgan fingerprint density at radius 1 is 1.27 bits per heavy atom. The Kier molecular flexibility index (Phi) is 7.05. The van der Waals surface area contributed by atoms with Gasteiger partial charge in [-0.3, -0.25) is 9.59 Å². The first kappa shape index (κ1) is 18.2. The van der Waals surface area contributed by atoms with Crippen molar-refractivity contribution in [3.05, 3.63) is 29.8 Å². The Morgan fingerprint density at radius 3 is 2.45 bits per heavy atom. The molecule has 1 aromatic carbocycles. The largest absolute Gasteiger partial charge is 0.394 e. The van der Waals surface area contributed by atoms with Gasteiger partial charge in [-0.15, -0.1) is 0 Å². The normalized spacial score (nSPS) is 12.1. The number of carbonyl (C=O) groups excluding carboxylic acids is 2. The summed E-state index contributed by atoms with van der Waals surface area (Å²) < 4.78 is 0. The topological polar surface area (TPSA) is 69.6 Å². The number of aliphatic hydroxyl groups is 1. The second-order valence-corrected chi connectivity index (χ2v) is 5.81. The quantitative estimate of drug-likeness (QED) is 0.811. The summed E-state index contributed by atoms with van der Waals surface area (Å²) in [6, 6.07) is 6.71. The standard InChI is InChI=1S/C17H26N2O3/c1-5-16(21)19(4)15-9-7-6-8-14(15)17(22)18-13(11-20)10-12(2)3/h6-9,12-13,20H,5,10-11H2,1-4H3,(H,18,22). The molecule has 0 heterocycles. The summed E-state index contributed by atoms with van der Waals surface area (Å²) in [4.78, 5) is 25.8. The van der Waals surface area contributed by atoms with E-state index in [0.717, 1.165) is 0 Å². The molecule has 22 heavy (non-hydrogen) atoms. The van der Waals surface area contributed by atoms with E-state index in [1.807, 2.05) is 13.8 Å². The number of carbonyl (C=O) groups is 2. The Balaban J connectivity index is 2.96. The third-order valence-corrected chi connectivity index (χ3v) is 3.50. The molecular weight excluding hydrogens is 280 g/mol. The van der Waals surface area contributed by atoms with Crippen molar-refractivity contribution in [1.29, 1.82) is 0 Å². The molecule has 0 saturated carbocycles. The summed E-state index contributed by atoms with van der Waals surface area (Å²) in [7, 11) is 1.66. The van der Waals surface area contributed by atoms with Crippen LogP contribution in [0.3, 0.4) is 0 Å². The lowest BCUT2D eigenvalue weighted by Crippen LogP contribution is -2.39. The molecule has 1 rings (SSSR count). The molecule has 0 radical (unpaired) electrons. The minimum absolute atomic E-state index is 0.0545. The van der Waals surface area contributed by atoms with Gasteiger partial charge < -0.3 is 15.3 Å². The number of para-hydroxylation sites is 1. The fourth-order valence-electron chi connectivity index (χ4n) is 2.34. The molecule has 1 unspecified atom stereocenters. The Hall–Kier alpha value is -1.88. The molecule has 0 aliphatic carbocycles. The first-order chi connectivity index (χ1) is 10.4. The highest BCUT2D eigenvalue weighted by atomic mass is 16.3. The maximum absolute atomic E-state index is 12.5. The van der Waals surface area contributed by atoms with E-state index in [1.165, 1.54) is 4.90 Å². The number of nitrogens with one attached hydrogen (secondary N) is 1. The Bertz CT molecular complexity index is 514. The van der Waals surface area contributed by atoms with Gasteiger partial charge in [-0.1, -0.05) is 32.9 Å². The van der Waals surface area contributed by atoms with Gasteiger partial charge in [-0.2, -0.15) is 0 Å². The Morgan fingerprint density at radius 2 is 1.91 bits per heavy atom. The molecule has 5 nitrogen and oxygen atoms in total. The summed E-state index contributed by atoms with van der Waals surface area (Å²) in [6.45, 7) is 5.76. The highest BCUT2D eigenvalue weighted by Crippen LogP contribution is 2.20. The van der Waals surface area contributed by atoms with Crippen molar-refractivity contribution in [3.63, 3.8) is 0 Å². The fourth-order valence-corrected chi connectivity index (χ4v) is 2.34. The number of amides is 2. The van der Waals surface area contributed by atoms with E-state index in [0.29, 0.717) is 30.0 Å². The second-order valence-electron chi connectivity index (χ2n) is 5.81. The molecule has 1 aromatic rings. The molecule has 1 atom stereocenters. The first-order valence-electron chi connectivity index (χ1n) is 7.68. The van der Waals surface area contributed by atoms with Gasteiger partial charge in [-0.05, 0) is 24.5 Å². The minimum Gasteiger partial charge on any atom is -0.394 e. The molecule has 2 amide bonds. The molecule has 0 saturated heterocycles. The monoisotopic (exact) mass is 306 g/mol. The van der Waals surface area contributed by atoms with E-state index < -0.39 is 0 Å². The number of hydrogen-bond donors (Lipinski definition) is 2. The first-order valence-corrected chi connectivity index (χ1v) is 7.68.